The first kappa shape index (κ1) is 12.4. The van der Waals surface area contributed by atoms with Crippen molar-refractivity contribution in [2.45, 2.75) is 19.1 Å². The third-order valence-corrected chi connectivity index (χ3v) is 2.17. The number of rotatable bonds is 3. The molecule has 0 heterocycles. The Labute approximate surface area is 93.0 Å². The van der Waals surface area contributed by atoms with E-state index < -0.39 is 24.1 Å². The van der Waals surface area contributed by atoms with Gasteiger partial charge < -0.3 is 15.2 Å². The Kier molecular flexibility index (Phi) is 4.25. The number of benzene rings is 1. The maximum Gasteiger partial charge on any atom is 0.407 e. The molecule has 0 aromatic heterocycles. The predicted octanol–water partition coefficient (Wildman–Crippen LogP) is 1.60. The minimum Gasteiger partial charge on any atom is -0.443 e. The van der Waals surface area contributed by atoms with Gasteiger partial charge in [0.05, 0.1) is 0 Å². The van der Waals surface area contributed by atoms with Gasteiger partial charge in [-0.3, -0.25) is 0 Å². The van der Waals surface area contributed by atoms with Crippen LogP contribution in [0.3, 0.4) is 0 Å². The number of aliphatic hydroxyl groups is 1. The van der Waals surface area contributed by atoms with Crippen molar-refractivity contribution in [1.29, 1.82) is 0 Å². The summed E-state index contributed by atoms with van der Waals surface area (Å²) in [6.07, 6.45) is -2.67. The third-order valence-electron chi connectivity index (χ3n) is 2.17. The zero-order valence-corrected chi connectivity index (χ0v) is 9.11. The molecule has 0 bridgehead atoms. The molecule has 2 atom stereocenters. The van der Waals surface area contributed by atoms with Crippen LogP contribution in [0, 0.1) is 5.82 Å². The molecule has 0 spiro atoms. The van der Waals surface area contributed by atoms with Gasteiger partial charge >= 0.3 is 6.09 Å². The zero-order valence-electron chi connectivity index (χ0n) is 9.11. The number of amides is 1. The molecule has 0 radical (unpaired) electrons. The highest BCUT2D eigenvalue weighted by atomic mass is 19.1. The molecule has 0 aliphatic heterocycles. The molecule has 0 saturated carbocycles. The molecule has 5 heteroatoms. The Morgan fingerprint density at radius 1 is 1.50 bits per heavy atom. The topological polar surface area (TPSA) is 58.6 Å². The monoisotopic (exact) mass is 227 g/mol. The van der Waals surface area contributed by atoms with Crippen molar-refractivity contribution in [2.24, 2.45) is 0 Å². The van der Waals surface area contributed by atoms with Crippen molar-refractivity contribution in [3.63, 3.8) is 0 Å². The predicted molar refractivity (Wildman–Crippen MR) is 56.4 cm³/mol. The fourth-order valence-electron chi connectivity index (χ4n) is 1.26. The van der Waals surface area contributed by atoms with Crippen LogP contribution in [0.1, 0.15) is 18.6 Å². The lowest BCUT2D eigenvalue weighted by Crippen LogP contribution is -2.28. The molecule has 16 heavy (non-hydrogen) atoms. The summed E-state index contributed by atoms with van der Waals surface area (Å²) in [4.78, 5) is 10.9. The van der Waals surface area contributed by atoms with E-state index in [0.29, 0.717) is 0 Å². The summed E-state index contributed by atoms with van der Waals surface area (Å²) in [5.74, 6) is -0.526. The quantitative estimate of drug-likeness (QED) is 0.824. The van der Waals surface area contributed by atoms with E-state index in [1.54, 1.807) is 6.07 Å². The Balaban J connectivity index is 2.74. The van der Waals surface area contributed by atoms with Crippen molar-refractivity contribution in [2.75, 3.05) is 7.05 Å². The van der Waals surface area contributed by atoms with E-state index in [2.05, 4.69) is 5.32 Å². The van der Waals surface area contributed by atoms with Gasteiger partial charge in [0, 0.05) is 12.6 Å². The molecule has 1 rings (SSSR count). The van der Waals surface area contributed by atoms with E-state index in [1.165, 1.54) is 32.2 Å². The van der Waals surface area contributed by atoms with E-state index >= 15 is 0 Å². The van der Waals surface area contributed by atoms with Crippen molar-refractivity contribution < 1.29 is 19.0 Å². The van der Waals surface area contributed by atoms with Gasteiger partial charge in [0.2, 0.25) is 0 Å². The minimum atomic E-state index is -1.18. The van der Waals surface area contributed by atoms with Crippen LogP contribution >= 0.6 is 0 Å². The molecule has 1 aromatic carbocycles. The number of halogens is 1. The van der Waals surface area contributed by atoms with Gasteiger partial charge in [0.1, 0.15) is 18.0 Å². The van der Waals surface area contributed by atoms with Crippen molar-refractivity contribution in [3.8, 4) is 0 Å². The van der Waals surface area contributed by atoms with Crippen LogP contribution in [0.25, 0.3) is 0 Å². The summed E-state index contributed by atoms with van der Waals surface area (Å²) in [6.45, 7) is 1.49. The van der Waals surface area contributed by atoms with Gasteiger partial charge in [0.15, 0.2) is 0 Å². The second kappa shape index (κ2) is 5.46. The third kappa shape index (κ3) is 2.93. The van der Waals surface area contributed by atoms with Gasteiger partial charge in [-0.05, 0) is 13.0 Å². The van der Waals surface area contributed by atoms with Crippen LogP contribution < -0.4 is 5.32 Å². The van der Waals surface area contributed by atoms with Crippen molar-refractivity contribution in [3.05, 3.63) is 35.6 Å². The summed E-state index contributed by atoms with van der Waals surface area (Å²) in [5, 5.41) is 12.0. The lowest BCUT2D eigenvalue weighted by molar-refractivity contribution is 0.0109. The summed E-state index contributed by atoms with van der Waals surface area (Å²) < 4.78 is 18.1. The molecule has 0 aliphatic carbocycles. The minimum absolute atomic E-state index is 0.110. The van der Waals surface area contributed by atoms with Crippen molar-refractivity contribution >= 4 is 6.09 Å². The Morgan fingerprint density at radius 2 is 2.12 bits per heavy atom. The average molecular weight is 227 g/mol. The second-order valence-electron chi connectivity index (χ2n) is 3.33. The first-order valence-electron chi connectivity index (χ1n) is 4.87. The van der Waals surface area contributed by atoms with Gasteiger partial charge in [0.25, 0.3) is 0 Å². The lowest BCUT2D eigenvalue weighted by Gasteiger charge is -2.19. The first-order chi connectivity index (χ1) is 7.56. The Morgan fingerprint density at radius 3 is 2.69 bits per heavy atom. The first-order valence-corrected chi connectivity index (χ1v) is 4.87. The maximum absolute atomic E-state index is 13.3. The number of hydrogen-bond acceptors (Lipinski definition) is 3. The molecule has 88 valence electrons. The molecule has 1 amide bonds. The van der Waals surface area contributed by atoms with Gasteiger partial charge in [-0.25, -0.2) is 9.18 Å². The van der Waals surface area contributed by atoms with Crippen LogP contribution in [0.4, 0.5) is 9.18 Å². The molecule has 0 fully saturated rings. The molecular formula is C11H14FNO3. The second-order valence-corrected chi connectivity index (χ2v) is 3.33. The largest absolute Gasteiger partial charge is 0.443 e. The van der Waals surface area contributed by atoms with E-state index in [9.17, 15) is 14.3 Å². The van der Waals surface area contributed by atoms with Crippen LogP contribution in [0.2, 0.25) is 0 Å². The molecular weight excluding hydrogens is 213 g/mol. The lowest BCUT2D eigenvalue weighted by atomic mass is 10.1. The van der Waals surface area contributed by atoms with Crippen LogP contribution in [-0.2, 0) is 4.74 Å². The van der Waals surface area contributed by atoms with Crippen LogP contribution in [0.15, 0.2) is 24.3 Å². The number of alkyl carbamates (subject to hydrolysis) is 1. The number of aliphatic hydroxyl groups excluding tert-OH is 1. The van der Waals surface area contributed by atoms with Crippen LogP contribution in [-0.4, -0.2) is 24.4 Å². The summed E-state index contributed by atoms with van der Waals surface area (Å²) in [6, 6.07) is 5.82. The highest BCUT2D eigenvalue weighted by molar-refractivity contribution is 5.66. The number of ether oxygens (including phenoxy) is 1. The number of nitrogens with one attached hydrogen (secondary N) is 1. The standard InChI is InChI=1S/C11H14FNO3/c1-7(16-11(15)13-2)10(14)8-5-3-4-6-9(8)12/h3-7,10,14H,1-2H3,(H,13,15). The Hall–Kier alpha value is -1.62. The number of hydrogen-bond donors (Lipinski definition) is 2. The van der Waals surface area contributed by atoms with E-state index in [1.807, 2.05) is 0 Å². The number of carbonyl (C=O) groups is 1. The molecule has 0 saturated heterocycles. The van der Waals surface area contributed by atoms with Gasteiger partial charge in [-0.15, -0.1) is 0 Å². The van der Waals surface area contributed by atoms with E-state index in [0.717, 1.165) is 0 Å². The molecule has 0 aliphatic rings. The van der Waals surface area contributed by atoms with Crippen molar-refractivity contribution in [1.82, 2.24) is 5.32 Å². The number of carbonyl (C=O) groups excluding carboxylic acids is 1. The molecule has 1 aromatic rings. The molecule has 4 nitrogen and oxygen atoms in total. The van der Waals surface area contributed by atoms with E-state index in [-0.39, 0.29) is 5.56 Å². The fraction of sp³-hybridized carbons (Fsp3) is 0.364. The zero-order chi connectivity index (χ0) is 12.1. The average Bonchev–Trinajstić information content (AvgIpc) is 2.28. The van der Waals surface area contributed by atoms with Gasteiger partial charge in [-0.1, -0.05) is 18.2 Å². The normalized spacial score (nSPS) is 14.0. The summed E-state index contributed by atoms with van der Waals surface area (Å²) >= 11 is 0. The SMILES string of the molecule is CNC(=O)OC(C)C(O)c1ccccc1F. The smallest absolute Gasteiger partial charge is 0.407 e. The highest BCUT2D eigenvalue weighted by Gasteiger charge is 2.22. The van der Waals surface area contributed by atoms with Crippen LogP contribution in [0.5, 0.6) is 0 Å². The Bertz CT molecular complexity index is 370. The fourth-order valence-corrected chi connectivity index (χ4v) is 1.26. The summed E-state index contributed by atoms with van der Waals surface area (Å²) in [5.41, 5.74) is 0.110. The van der Waals surface area contributed by atoms with Gasteiger partial charge in [-0.2, -0.15) is 0 Å². The summed E-state index contributed by atoms with van der Waals surface area (Å²) in [7, 11) is 1.41. The maximum atomic E-state index is 13.3. The molecule has 2 N–H and O–H groups in total. The highest BCUT2D eigenvalue weighted by Crippen LogP contribution is 2.21. The van der Waals surface area contributed by atoms with E-state index in [4.69, 9.17) is 4.74 Å². The molecule has 2 unspecified atom stereocenters.